The smallest absolute Gasteiger partial charge is 0.161 e. The highest BCUT2D eigenvalue weighted by Crippen LogP contribution is 2.44. The number of hydrogen-bond acceptors (Lipinski definition) is 3. The number of ether oxygens (including phenoxy) is 2. The van der Waals surface area contributed by atoms with Crippen molar-refractivity contribution >= 4 is 0 Å². The minimum atomic E-state index is 0.551. The fourth-order valence-corrected chi connectivity index (χ4v) is 2.00. The summed E-state index contributed by atoms with van der Waals surface area (Å²) in [4.78, 5) is 0. The van der Waals surface area contributed by atoms with Crippen molar-refractivity contribution in [1.82, 2.24) is 5.32 Å². The second kappa shape index (κ2) is 5.61. The van der Waals surface area contributed by atoms with Gasteiger partial charge in [0.1, 0.15) is 0 Å². The van der Waals surface area contributed by atoms with Crippen molar-refractivity contribution in [2.45, 2.75) is 33.2 Å². The standard InChI is InChI=1S/C15H23NO2/c1-4-18-13-6-5-12(9-14(13)17-3)10-16-11-15(2)7-8-15/h5-6,9,16H,4,7-8,10-11H2,1-3H3. The Morgan fingerprint density at radius 3 is 2.67 bits per heavy atom. The van der Waals surface area contributed by atoms with Crippen LogP contribution in [0.4, 0.5) is 0 Å². The van der Waals surface area contributed by atoms with Gasteiger partial charge in [-0.05, 0) is 42.9 Å². The van der Waals surface area contributed by atoms with E-state index >= 15 is 0 Å². The zero-order valence-corrected chi connectivity index (χ0v) is 11.6. The topological polar surface area (TPSA) is 30.5 Å². The molecule has 2 rings (SSSR count). The van der Waals surface area contributed by atoms with Crippen molar-refractivity contribution in [2.75, 3.05) is 20.3 Å². The van der Waals surface area contributed by atoms with E-state index in [-0.39, 0.29) is 0 Å². The first kappa shape index (κ1) is 13.2. The molecule has 0 heterocycles. The molecular formula is C15H23NO2. The molecule has 0 amide bonds. The summed E-state index contributed by atoms with van der Waals surface area (Å²) in [5, 5.41) is 3.51. The van der Waals surface area contributed by atoms with Gasteiger partial charge >= 0.3 is 0 Å². The average molecular weight is 249 g/mol. The predicted octanol–water partition coefficient (Wildman–Crippen LogP) is 2.98. The fourth-order valence-electron chi connectivity index (χ4n) is 2.00. The summed E-state index contributed by atoms with van der Waals surface area (Å²) in [6.07, 6.45) is 2.71. The van der Waals surface area contributed by atoms with E-state index in [1.54, 1.807) is 7.11 Å². The second-order valence-corrected chi connectivity index (χ2v) is 5.33. The summed E-state index contributed by atoms with van der Waals surface area (Å²) in [6, 6.07) is 6.13. The molecule has 0 saturated heterocycles. The Kier molecular flexibility index (Phi) is 4.12. The summed E-state index contributed by atoms with van der Waals surface area (Å²) in [6.45, 7) is 6.96. The van der Waals surface area contributed by atoms with Gasteiger partial charge in [0.15, 0.2) is 11.5 Å². The van der Waals surface area contributed by atoms with Crippen molar-refractivity contribution in [1.29, 1.82) is 0 Å². The molecule has 0 atom stereocenters. The molecule has 1 saturated carbocycles. The molecule has 1 aromatic rings. The number of hydrogen-bond donors (Lipinski definition) is 1. The Morgan fingerprint density at radius 2 is 2.06 bits per heavy atom. The molecule has 1 fully saturated rings. The first-order valence-corrected chi connectivity index (χ1v) is 6.67. The van der Waals surface area contributed by atoms with Crippen LogP contribution in [0, 0.1) is 5.41 Å². The Balaban J connectivity index is 1.91. The van der Waals surface area contributed by atoms with Crippen LogP contribution in [0.15, 0.2) is 18.2 Å². The molecule has 1 aliphatic rings. The molecule has 1 aromatic carbocycles. The molecule has 3 nitrogen and oxygen atoms in total. The van der Waals surface area contributed by atoms with Crippen molar-refractivity contribution in [2.24, 2.45) is 5.41 Å². The van der Waals surface area contributed by atoms with Crippen molar-refractivity contribution in [3.05, 3.63) is 23.8 Å². The van der Waals surface area contributed by atoms with Gasteiger partial charge in [-0.25, -0.2) is 0 Å². The summed E-state index contributed by atoms with van der Waals surface area (Å²) in [5.41, 5.74) is 1.79. The van der Waals surface area contributed by atoms with Crippen molar-refractivity contribution in [3.63, 3.8) is 0 Å². The monoisotopic (exact) mass is 249 g/mol. The van der Waals surface area contributed by atoms with E-state index < -0.39 is 0 Å². The van der Waals surface area contributed by atoms with Crippen molar-refractivity contribution < 1.29 is 9.47 Å². The fraction of sp³-hybridized carbons (Fsp3) is 0.600. The molecule has 0 radical (unpaired) electrons. The number of nitrogens with one attached hydrogen (secondary N) is 1. The molecule has 0 spiro atoms. The quantitative estimate of drug-likeness (QED) is 0.806. The van der Waals surface area contributed by atoms with Gasteiger partial charge in [0.25, 0.3) is 0 Å². The Labute approximate surface area is 109 Å². The molecule has 0 aliphatic heterocycles. The third-order valence-corrected chi connectivity index (χ3v) is 3.51. The average Bonchev–Trinajstić information content (AvgIpc) is 3.09. The summed E-state index contributed by atoms with van der Waals surface area (Å²) >= 11 is 0. The lowest BCUT2D eigenvalue weighted by atomic mass is 10.1. The van der Waals surface area contributed by atoms with Gasteiger partial charge in [-0.15, -0.1) is 0 Å². The third kappa shape index (κ3) is 3.39. The summed E-state index contributed by atoms with van der Waals surface area (Å²) in [5.74, 6) is 1.63. The van der Waals surface area contributed by atoms with Crippen molar-refractivity contribution in [3.8, 4) is 11.5 Å². The molecule has 100 valence electrons. The van der Waals surface area contributed by atoms with Crippen LogP contribution in [-0.4, -0.2) is 20.3 Å². The maximum absolute atomic E-state index is 5.51. The van der Waals surface area contributed by atoms with Gasteiger partial charge in [0.2, 0.25) is 0 Å². The van der Waals surface area contributed by atoms with Crippen LogP contribution in [-0.2, 0) is 6.54 Å². The van der Waals surface area contributed by atoms with E-state index in [2.05, 4.69) is 18.3 Å². The molecule has 1 aliphatic carbocycles. The normalized spacial score (nSPS) is 16.4. The molecule has 18 heavy (non-hydrogen) atoms. The van der Waals surface area contributed by atoms with Crippen LogP contribution >= 0.6 is 0 Å². The lowest BCUT2D eigenvalue weighted by Gasteiger charge is -2.13. The van der Waals surface area contributed by atoms with Gasteiger partial charge in [-0.1, -0.05) is 13.0 Å². The van der Waals surface area contributed by atoms with Gasteiger partial charge in [-0.3, -0.25) is 0 Å². The van der Waals surface area contributed by atoms with E-state index in [1.165, 1.54) is 18.4 Å². The highest BCUT2D eigenvalue weighted by molar-refractivity contribution is 5.42. The second-order valence-electron chi connectivity index (χ2n) is 5.33. The van der Waals surface area contributed by atoms with Crippen LogP contribution in [0.1, 0.15) is 32.3 Å². The lowest BCUT2D eigenvalue weighted by molar-refractivity contribution is 0.310. The largest absolute Gasteiger partial charge is 0.493 e. The highest BCUT2D eigenvalue weighted by atomic mass is 16.5. The Morgan fingerprint density at radius 1 is 1.28 bits per heavy atom. The zero-order valence-electron chi connectivity index (χ0n) is 11.6. The maximum atomic E-state index is 5.51. The minimum absolute atomic E-state index is 0.551. The molecule has 3 heteroatoms. The number of rotatable bonds is 7. The lowest BCUT2D eigenvalue weighted by Crippen LogP contribution is -2.21. The third-order valence-electron chi connectivity index (χ3n) is 3.51. The zero-order chi connectivity index (χ0) is 13.0. The summed E-state index contributed by atoms with van der Waals surface area (Å²) < 4.78 is 10.9. The van der Waals surface area contributed by atoms with Gasteiger partial charge in [-0.2, -0.15) is 0 Å². The van der Waals surface area contributed by atoms with E-state index in [0.29, 0.717) is 12.0 Å². The first-order valence-electron chi connectivity index (χ1n) is 6.67. The number of methoxy groups -OCH3 is 1. The van der Waals surface area contributed by atoms with Gasteiger partial charge in [0.05, 0.1) is 13.7 Å². The molecule has 0 aromatic heterocycles. The van der Waals surface area contributed by atoms with Gasteiger partial charge in [0, 0.05) is 13.1 Å². The SMILES string of the molecule is CCOc1ccc(CNCC2(C)CC2)cc1OC. The molecule has 1 N–H and O–H groups in total. The molecule has 0 bridgehead atoms. The van der Waals surface area contributed by atoms with Crippen LogP contribution in [0.25, 0.3) is 0 Å². The van der Waals surface area contributed by atoms with E-state index in [1.807, 2.05) is 19.1 Å². The highest BCUT2D eigenvalue weighted by Gasteiger charge is 2.36. The summed E-state index contributed by atoms with van der Waals surface area (Å²) in [7, 11) is 1.68. The van der Waals surface area contributed by atoms with Crippen LogP contribution < -0.4 is 14.8 Å². The van der Waals surface area contributed by atoms with E-state index in [9.17, 15) is 0 Å². The molecule has 0 unspecified atom stereocenters. The minimum Gasteiger partial charge on any atom is -0.493 e. The van der Waals surface area contributed by atoms with Crippen LogP contribution in [0.5, 0.6) is 11.5 Å². The van der Waals surface area contributed by atoms with Gasteiger partial charge < -0.3 is 14.8 Å². The van der Waals surface area contributed by atoms with Crippen LogP contribution in [0.3, 0.4) is 0 Å². The van der Waals surface area contributed by atoms with Crippen LogP contribution in [0.2, 0.25) is 0 Å². The maximum Gasteiger partial charge on any atom is 0.161 e. The first-order chi connectivity index (χ1) is 8.67. The molecular weight excluding hydrogens is 226 g/mol. The Bertz CT molecular complexity index is 399. The predicted molar refractivity (Wildman–Crippen MR) is 73.2 cm³/mol. The van der Waals surface area contributed by atoms with E-state index in [4.69, 9.17) is 9.47 Å². The number of benzene rings is 1. The van der Waals surface area contributed by atoms with E-state index in [0.717, 1.165) is 24.6 Å². The Hall–Kier alpha value is -1.22.